The lowest BCUT2D eigenvalue weighted by atomic mass is 9.91. The average molecular weight is 499 g/mol. The van der Waals surface area contributed by atoms with Gasteiger partial charge >= 0.3 is 0 Å². The highest BCUT2D eigenvalue weighted by Crippen LogP contribution is 2.24. The molecule has 4 unspecified atom stereocenters. The normalized spacial score (nSPS) is 15.3. The number of ether oxygens (including phenoxy) is 2. The number of aliphatic hydroxyl groups excluding tert-OH is 1. The SMILES string of the molecule is CCCCCCCCCCCCCCCCCC(CC(CC)CCCC)OC(C)COC(C)CO. The highest BCUT2D eigenvalue weighted by atomic mass is 16.5. The smallest absolute Gasteiger partial charge is 0.0784 e. The van der Waals surface area contributed by atoms with E-state index >= 15 is 0 Å². The summed E-state index contributed by atoms with van der Waals surface area (Å²) in [4.78, 5) is 0. The Morgan fingerprint density at radius 3 is 1.51 bits per heavy atom. The van der Waals surface area contributed by atoms with Crippen LogP contribution in [0.25, 0.3) is 0 Å². The summed E-state index contributed by atoms with van der Waals surface area (Å²) in [6, 6.07) is 0. The van der Waals surface area contributed by atoms with E-state index in [1.165, 1.54) is 135 Å². The quantitative estimate of drug-likeness (QED) is 0.109. The minimum Gasteiger partial charge on any atom is -0.394 e. The Morgan fingerprint density at radius 1 is 0.571 bits per heavy atom. The summed E-state index contributed by atoms with van der Waals surface area (Å²) in [7, 11) is 0. The van der Waals surface area contributed by atoms with Gasteiger partial charge in [0.25, 0.3) is 0 Å². The van der Waals surface area contributed by atoms with E-state index in [1.54, 1.807) is 0 Å². The highest BCUT2D eigenvalue weighted by molar-refractivity contribution is 4.69. The van der Waals surface area contributed by atoms with Gasteiger partial charge in [0.2, 0.25) is 0 Å². The molecule has 4 atom stereocenters. The zero-order chi connectivity index (χ0) is 26.0. The van der Waals surface area contributed by atoms with E-state index in [2.05, 4.69) is 27.7 Å². The zero-order valence-corrected chi connectivity index (χ0v) is 24.8. The van der Waals surface area contributed by atoms with Gasteiger partial charge in [0.15, 0.2) is 0 Å². The maximum absolute atomic E-state index is 9.20. The second-order valence-corrected chi connectivity index (χ2v) is 11.3. The van der Waals surface area contributed by atoms with Gasteiger partial charge in [0.05, 0.1) is 31.5 Å². The van der Waals surface area contributed by atoms with Gasteiger partial charge in [0.1, 0.15) is 0 Å². The Labute approximate surface area is 221 Å². The van der Waals surface area contributed by atoms with Crippen molar-refractivity contribution in [3.63, 3.8) is 0 Å². The molecule has 0 aromatic carbocycles. The Bertz CT molecular complexity index is 400. The van der Waals surface area contributed by atoms with E-state index in [1.807, 2.05) is 6.92 Å². The molecular formula is C32H66O3. The van der Waals surface area contributed by atoms with Gasteiger partial charge in [-0.25, -0.2) is 0 Å². The first-order valence-corrected chi connectivity index (χ1v) is 15.9. The molecule has 0 aliphatic heterocycles. The summed E-state index contributed by atoms with van der Waals surface area (Å²) in [6.45, 7) is 11.6. The van der Waals surface area contributed by atoms with Crippen LogP contribution in [-0.4, -0.2) is 36.6 Å². The van der Waals surface area contributed by atoms with Crippen LogP contribution in [-0.2, 0) is 9.47 Å². The molecule has 35 heavy (non-hydrogen) atoms. The molecule has 0 amide bonds. The van der Waals surface area contributed by atoms with Crippen LogP contribution >= 0.6 is 0 Å². The topological polar surface area (TPSA) is 38.7 Å². The molecule has 0 saturated carbocycles. The molecule has 3 heteroatoms. The first-order valence-electron chi connectivity index (χ1n) is 15.9. The first-order chi connectivity index (χ1) is 17.1. The third-order valence-electron chi connectivity index (χ3n) is 7.57. The standard InChI is InChI=1S/C32H66O3/c1-6-9-11-12-13-14-15-16-17-18-19-20-21-22-23-25-32(26-31(8-3)24-10-7-2)35-30(5)28-34-29(4)27-33/h29-33H,6-28H2,1-5H3. The summed E-state index contributed by atoms with van der Waals surface area (Å²) >= 11 is 0. The van der Waals surface area contributed by atoms with Crippen molar-refractivity contribution in [1.82, 2.24) is 0 Å². The Balaban J connectivity index is 3.99. The number of hydrogen-bond acceptors (Lipinski definition) is 3. The Kier molecular flexibility index (Phi) is 26.8. The number of hydrogen-bond donors (Lipinski definition) is 1. The largest absolute Gasteiger partial charge is 0.394 e. The monoisotopic (exact) mass is 499 g/mol. The zero-order valence-electron chi connectivity index (χ0n) is 24.8. The van der Waals surface area contributed by atoms with Crippen molar-refractivity contribution in [2.24, 2.45) is 5.92 Å². The minimum atomic E-state index is -0.108. The van der Waals surface area contributed by atoms with Crippen LogP contribution in [0.3, 0.4) is 0 Å². The van der Waals surface area contributed by atoms with Gasteiger partial charge in [-0.1, -0.05) is 143 Å². The van der Waals surface area contributed by atoms with E-state index in [-0.39, 0.29) is 18.8 Å². The molecule has 0 rings (SSSR count). The summed E-state index contributed by atoms with van der Waals surface area (Å²) in [5, 5.41) is 9.20. The first kappa shape index (κ1) is 34.9. The lowest BCUT2D eigenvalue weighted by Gasteiger charge is -2.27. The van der Waals surface area contributed by atoms with Gasteiger partial charge in [-0.3, -0.25) is 0 Å². The number of rotatable bonds is 28. The van der Waals surface area contributed by atoms with Crippen molar-refractivity contribution in [1.29, 1.82) is 0 Å². The van der Waals surface area contributed by atoms with E-state index in [0.717, 1.165) is 5.92 Å². The summed E-state index contributed by atoms with van der Waals surface area (Å²) in [6.07, 6.45) is 29.1. The number of unbranched alkanes of at least 4 members (excludes halogenated alkanes) is 15. The predicted octanol–water partition coefficient (Wildman–Crippen LogP) is 10.0. The van der Waals surface area contributed by atoms with E-state index in [4.69, 9.17) is 9.47 Å². The Morgan fingerprint density at radius 2 is 1.06 bits per heavy atom. The lowest BCUT2D eigenvalue weighted by molar-refractivity contribution is -0.0804. The van der Waals surface area contributed by atoms with Crippen molar-refractivity contribution in [3.05, 3.63) is 0 Å². The molecule has 1 N–H and O–H groups in total. The second kappa shape index (κ2) is 26.9. The molecule has 0 spiro atoms. The third-order valence-corrected chi connectivity index (χ3v) is 7.57. The van der Waals surface area contributed by atoms with Crippen LogP contribution in [0.4, 0.5) is 0 Å². The average Bonchev–Trinajstić information content (AvgIpc) is 2.86. The van der Waals surface area contributed by atoms with Gasteiger partial charge in [-0.05, 0) is 32.6 Å². The van der Waals surface area contributed by atoms with E-state index < -0.39 is 0 Å². The fourth-order valence-electron chi connectivity index (χ4n) is 5.06. The van der Waals surface area contributed by atoms with Gasteiger partial charge in [-0.2, -0.15) is 0 Å². The van der Waals surface area contributed by atoms with Gasteiger partial charge in [0, 0.05) is 0 Å². The molecule has 0 aliphatic carbocycles. The maximum Gasteiger partial charge on any atom is 0.0784 e. The van der Waals surface area contributed by atoms with Crippen molar-refractivity contribution < 1.29 is 14.6 Å². The van der Waals surface area contributed by atoms with Crippen LogP contribution in [0.15, 0.2) is 0 Å². The van der Waals surface area contributed by atoms with Crippen molar-refractivity contribution in [3.8, 4) is 0 Å². The lowest BCUT2D eigenvalue weighted by Crippen LogP contribution is -2.28. The molecule has 212 valence electrons. The van der Waals surface area contributed by atoms with Gasteiger partial charge < -0.3 is 14.6 Å². The van der Waals surface area contributed by atoms with Crippen LogP contribution in [0.1, 0.15) is 169 Å². The van der Waals surface area contributed by atoms with E-state index in [0.29, 0.717) is 12.7 Å². The van der Waals surface area contributed by atoms with Gasteiger partial charge in [-0.15, -0.1) is 0 Å². The molecule has 3 nitrogen and oxygen atoms in total. The molecular weight excluding hydrogens is 432 g/mol. The van der Waals surface area contributed by atoms with Crippen molar-refractivity contribution >= 4 is 0 Å². The molecule has 0 aliphatic rings. The second-order valence-electron chi connectivity index (χ2n) is 11.3. The molecule has 0 aromatic rings. The summed E-state index contributed by atoms with van der Waals surface area (Å²) in [5.74, 6) is 0.778. The summed E-state index contributed by atoms with van der Waals surface area (Å²) < 4.78 is 12.2. The van der Waals surface area contributed by atoms with Crippen molar-refractivity contribution in [2.75, 3.05) is 13.2 Å². The minimum absolute atomic E-state index is 0.0736. The third kappa shape index (κ3) is 24.0. The molecule has 0 radical (unpaired) electrons. The molecule has 0 fully saturated rings. The van der Waals surface area contributed by atoms with Crippen LogP contribution < -0.4 is 0 Å². The highest BCUT2D eigenvalue weighted by Gasteiger charge is 2.19. The number of aliphatic hydroxyl groups is 1. The van der Waals surface area contributed by atoms with Crippen molar-refractivity contribution in [2.45, 2.75) is 188 Å². The molecule has 0 bridgehead atoms. The summed E-state index contributed by atoms with van der Waals surface area (Å²) in [5.41, 5.74) is 0. The van der Waals surface area contributed by atoms with Crippen LogP contribution in [0.2, 0.25) is 0 Å². The predicted molar refractivity (Wildman–Crippen MR) is 154 cm³/mol. The molecule has 0 heterocycles. The van der Waals surface area contributed by atoms with Crippen LogP contribution in [0, 0.1) is 5.92 Å². The maximum atomic E-state index is 9.20. The fourth-order valence-corrected chi connectivity index (χ4v) is 5.06. The van der Waals surface area contributed by atoms with Crippen LogP contribution in [0.5, 0.6) is 0 Å². The fraction of sp³-hybridized carbons (Fsp3) is 1.00. The molecule has 0 aromatic heterocycles. The van der Waals surface area contributed by atoms with E-state index in [9.17, 15) is 5.11 Å². The molecule has 0 saturated heterocycles. The Hall–Kier alpha value is -0.120.